The van der Waals surface area contributed by atoms with Crippen LogP contribution in [0, 0.1) is 0 Å². The molecule has 3 N–H and O–H groups in total. The molecule has 3 amide bonds. The number of nitrogens with one attached hydrogen (secondary N) is 1. The van der Waals surface area contributed by atoms with E-state index in [0.29, 0.717) is 16.8 Å². The van der Waals surface area contributed by atoms with Gasteiger partial charge in [-0.1, -0.05) is 60.7 Å². The molecule has 2 atom stereocenters. The summed E-state index contributed by atoms with van der Waals surface area (Å²) in [6.07, 6.45) is -1.70. The highest BCUT2D eigenvalue weighted by molar-refractivity contribution is 5.96. The standard InChI is InChI=1S/C31H35N5O7/c1-2-43-31(42)36-17-15-35(16-18-36)30(41)24(13-14-27(38)39)34-29(40)25-19-23(20-26(37)21-9-5-3-6-10-21)32-28(33-25)22-11-7-4-8-12-22/h3-12,19,24,26,37H,2,13-18,20H2,1H3,(H,34,40)(H,38,39)/t24?,26-/m0/s1. The van der Waals surface area contributed by atoms with Gasteiger partial charge in [0.25, 0.3) is 5.91 Å². The zero-order chi connectivity index (χ0) is 30.8. The Labute approximate surface area is 249 Å². The van der Waals surface area contributed by atoms with E-state index in [1.165, 1.54) is 15.9 Å². The second-order valence-corrected chi connectivity index (χ2v) is 10.0. The van der Waals surface area contributed by atoms with Gasteiger partial charge in [0.1, 0.15) is 11.7 Å². The van der Waals surface area contributed by atoms with E-state index in [1.54, 1.807) is 31.2 Å². The minimum absolute atomic E-state index is 0.0237. The first-order valence-corrected chi connectivity index (χ1v) is 14.1. The van der Waals surface area contributed by atoms with Crippen LogP contribution in [0.25, 0.3) is 11.4 Å². The minimum Gasteiger partial charge on any atom is -0.481 e. The number of hydrogen-bond donors (Lipinski definition) is 3. The van der Waals surface area contributed by atoms with Gasteiger partial charge in [-0.15, -0.1) is 0 Å². The number of piperazine rings is 1. The lowest BCUT2D eigenvalue weighted by Crippen LogP contribution is -2.56. The molecule has 2 heterocycles. The van der Waals surface area contributed by atoms with Gasteiger partial charge in [0.05, 0.1) is 12.7 Å². The van der Waals surface area contributed by atoms with Gasteiger partial charge in [-0.05, 0) is 25.0 Å². The van der Waals surface area contributed by atoms with Crippen molar-refractivity contribution in [3.63, 3.8) is 0 Å². The molecule has 1 aliphatic rings. The van der Waals surface area contributed by atoms with E-state index < -0.39 is 36.0 Å². The van der Waals surface area contributed by atoms with E-state index in [2.05, 4.69) is 15.3 Å². The predicted octanol–water partition coefficient (Wildman–Crippen LogP) is 2.68. The largest absolute Gasteiger partial charge is 0.481 e. The first-order chi connectivity index (χ1) is 20.7. The summed E-state index contributed by atoms with van der Waals surface area (Å²) in [4.78, 5) is 62.4. The summed E-state index contributed by atoms with van der Waals surface area (Å²) < 4.78 is 5.02. The summed E-state index contributed by atoms with van der Waals surface area (Å²) in [5.41, 5.74) is 1.74. The number of carboxylic acid groups (broad SMARTS) is 1. The van der Waals surface area contributed by atoms with E-state index in [4.69, 9.17) is 4.74 Å². The zero-order valence-electron chi connectivity index (χ0n) is 23.9. The molecular formula is C31H35N5O7. The fourth-order valence-corrected chi connectivity index (χ4v) is 4.73. The molecule has 0 spiro atoms. The van der Waals surface area contributed by atoms with E-state index in [0.717, 1.165) is 0 Å². The Kier molecular flexibility index (Phi) is 10.8. The minimum atomic E-state index is -1.13. The third-order valence-corrected chi connectivity index (χ3v) is 7.00. The number of aliphatic carboxylic acids is 1. The fourth-order valence-electron chi connectivity index (χ4n) is 4.73. The van der Waals surface area contributed by atoms with Crippen LogP contribution in [0.2, 0.25) is 0 Å². The van der Waals surface area contributed by atoms with Crippen LogP contribution in [0.1, 0.15) is 47.6 Å². The van der Waals surface area contributed by atoms with Crippen LogP contribution >= 0.6 is 0 Å². The quantitative estimate of drug-likeness (QED) is 0.305. The molecule has 43 heavy (non-hydrogen) atoms. The number of carbonyl (C=O) groups is 4. The molecule has 4 rings (SSSR count). The van der Waals surface area contributed by atoms with E-state index in [-0.39, 0.29) is 63.6 Å². The van der Waals surface area contributed by atoms with Crippen LogP contribution in [0.5, 0.6) is 0 Å². The lowest BCUT2D eigenvalue weighted by Gasteiger charge is -2.35. The number of carbonyl (C=O) groups excluding carboxylic acids is 3. The van der Waals surface area contributed by atoms with Crippen molar-refractivity contribution in [3.8, 4) is 11.4 Å². The molecule has 1 aliphatic heterocycles. The molecule has 0 radical (unpaired) electrons. The Hall–Kier alpha value is -4.84. The van der Waals surface area contributed by atoms with Crippen molar-refractivity contribution in [1.82, 2.24) is 25.1 Å². The Bertz CT molecular complexity index is 1410. The van der Waals surface area contributed by atoms with Crippen molar-refractivity contribution in [2.75, 3.05) is 32.8 Å². The number of carboxylic acids is 1. The Balaban J connectivity index is 1.55. The highest BCUT2D eigenvalue weighted by atomic mass is 16.6. The van der Waals surface area contributed by atoms with Crippen molar-refractivity contribution in [1.29, 1.82) is 0 Å². The first-order valence-electron chi connectivity index (χ1n) is 14.1. The second kappa shape index (κ2) is 14.9. The zero-order valence-corrected chi connectivity index (χ0v) is 23.9. The summed E-state index contributed by atoms with van der Waals surface area (Å²) in [5.74, 6) is -1.96. The van der Waals surface area contributed by atoms with Gasteiger partial charge in [0.2, 0.25) is 5.91 Å². The van der Waals surface area contributed by atoms with Crippen molar-refractivity contribution < 1.29 is 34.1 Å². The number of hydrogen-bond acceptors (Lipinski definition) is 8. The number of ether oxygens (including phenoxy) is 1. The van der Waals surface area contributed by atoms with Crippen molar-refractivity contribution in [3.05, 3.63) is 83.7 Å². The molecular weight excluding hydrogens is 554 g/mol. The molecule has 2 aromatic carbocycles. The third-order valence-electron chi connectivity index (χ3n) is 7.00. The SMILES string of the molecule is CCOC(=O)N1CCN(C(=O)C(CCC(=O)O)NC(=O)c2cc(C[C@H](O)c3ccccc3)nc(-c3ccccc3)n2)CC1. The first kappa shape index (κ1) is 31.1. The number of nitrogens with zero attached hydrogens (tertiary/aromatic N) is 4. The summed E-state index contributed by atoms with van der Waals surface area (Å²) in [6.45, 7) is 2.88. The molecule has 0 bridgehead atoms. The van der Waals surface area contributed by atoms with Gasteiger partial charge in [-0.25, -0.2) is 14.8 Å². The molecule has 1 saturated heterocycles. The normalized spacial score (nSPS) is 14.5. The van der Waals surface area contributed by atoms with Crippen LogP contribution in [0.3, 0.4) is 0 Å². The van der Waals surface area contributed by atoms with Gasteiger partial charge < -0.3 is 30.1 Å². The maximum Gasteiger partial charge on any atom is 0.409 e. The lowest BCUT2D eigenvalue weighted by atomic mass is 10.0. The van der Waals surface area contributed by atoms with Gasteiger partial charge in [0, 0.05) is 50.3 Å². The number of amides is 3. The summed E-state index contributed by atoms with van der Waals surface area (Å²) in [6, 6.07) is 18.5. The fraction of sp³-hybridized carbons (Fsp3) is 0.355. The van der Waals surface area contributed by atoms with Crippen molar-refractivity contribution >= 4 is 23.9 Å². The van der Waals surface area contributed by atoms with E-state index in [1.807, 2.05) is 36.4 Å². The molecule has 12 nitrogen and oxygen atoms in total. The molecule has 1 unspecified atom stereocenters. The van der Waals surface area contributed by atoms with Gasteiger partial charge >= 0.3 is 12.1 Å². The Morgan fingerprint density at radius 2 is 1.56 bits per heavy atom. The van der Waals surface area contributed by atoms with Crippen molar-refractivity contribution in [2.24, 2.45) is 0 Å². The number of aliphatic hydroxyl groups is 1. The number of rotatable bonds is 11. The topological polar surface area (TPSA) is 162 Å². The molecule has 0 saturated carbocycles. The van der Waals surface area contributed by atoms with Crippen LogP contribution in [-0.2, 0) is 20.7 Å². The Morgan fingerprint density at radius 1 is 0.930 bits per heavy atom. The van der Waals surface area contributed by atoms with Crippen molar-refractivity contribution in [2.45, 2.75) is 38.3 Å². The number of aromatic nitrogens is 2. The monoisotopic (exact) mass is 589 g/mol. The molecule has 0 aliphatic carbocycles. The van der Waals surface area contributed by atoms with Crippen LogP contribution in [0.4, 0.5) is 4.79 Å². The molecule has 12 heteroatoms. The molecule has 3 aromatic rings. The summed E-state index contributed by atoms with van der Waals surface area (Å²) in [5, 5.41) is 22.8. The van der Waals surface area contributed by atoms with Crippen LogP contribution in [0.15, 0.2) is 66.7 Å². The van der Waals surface area contributed by atoms with Crippen LogP contribution in [-0.4, -0.2) is 92.7 Å². The average molecular weight is 590 g/mol. The van der Waals surface area contributed by atoms with E-state index in [9.17, 15) is 29.4 Å². The molecule has 226 valence electrons. The number of aliphatic hydroxyl groups excluding tert-OH is 1. The summed E-state index contributed by atoms with van der Waals surface area (Å²) in [7, 11) is 0. The average Bonchev–Trinajstić information content (AvgIpc) is 3.03. The Morgan fingerprint density at radius 3 is 2.19 bits per heavy atom. The maximum absolute atomic E-state index is 13.5. The molecule has 1 aromatic heterocycles. The smallest absolute Gasteiger partial charge is 0.409 e. The number of benzene rings is 2. The highest BCUT2D eigenvalue weighted by Gasteiger charge is 2.31. The lowest BCUT2D eigenvalue weighted by molar-refractivity contribution is -0.138. The summed E-state index contributed by atoms with van der Waals surface area (Å²) >= 11 is 0. The highest BCUT2D eigenvalue weighted by Crippen LogP contribution is 2.21. The maximum atomic E-state index is 13.5. The van der Waals surface area contributed by atoms with Gasteiger partial charge in [-0.2, -0.15) is 0 Å². The van der Waals surface area contributed by atoms with Gasteiger partial charge in [-0.3, -0.25) is 14.4 Å². The molecule has 1 fully saturated rings. The predicted molar refractivity (Wildman–Crippen MR) is 156 cm³/mol. The second-order valence-electron chi connectivity index (χ2n) is 10.0. The van der Waals surface area contributed by atoms with E-state index >= 15 is 0 Å². The third kappa shape index (κ3) is 8.58. The van der Waals surface area contributed by atoms with Gasteiger partial charge in [0.15, 0.2) is 5.82 Å². The van der Waals surface area contributed by atoms with Crippen LogP contribution < -0.4 is 5.32 Å².